The number of aryl methyl sites for hydroxylation is 1. The summed E-state index contributed by atoms with van der Waals surface area (Å²) in [4.78, 5) is 16.2. The highest BCUT2D eigenvalue weighted by molar-refractivity contribution is 7.19. The maximum Gasteiger partial charge on any atom is 0.257 e. The lowest BCUT2D eigenvalue weighted by Crippen LogP contribution is -2.13. The molecule has 2 aromatic rings. The molecule has 1 heterocycles. The van der Waals surface area contributed by atoms with Gasteiger partial charge in [0.1, 0.15) is 5.00 Å². The number of nitrogens with zero attached hydrogens (tertiary/aromatic N) is 1. The van der Waals surface area contributed by atoms with E-state index in [1.807, 2.05) is 25.1 Å². The SMILES string of the molecule is CCCCNc1ccc(C(=O)Nc2ncc(N)s2)c(C)c1. The minimum Gasteiger partial charge on any atom is -0.389 e. The summed E-state index contributed by atoms with van der Waals surface area (Å²) in [5.74, 6) is -0.165. The Labute approximate surface area is 128 Å². The number of carbonyl (C=O) groups excluding carboxylic acids is 1. The van der Waals surface area contributed by atoms with Crippen molar-refractivity contribution in [1.82, 2.24) is 4.98 Å². The Bertz CT molecular complexity index is 624. The van der Waals surface area contributed by atoms with E-state index in [0.29, 0.717) is 15.7 Å². The van der Waals surface area contributed by atoms with E-state index in [0.717, 1.165) is 30.6 Å². The van der Waals surface area contributed by atoms with Crippen LogP contribution in [0, 0.1) is 6.92 Å². The van der Waals surface area contributed by atoms with E-state index in [1.165, 1.54) is 17.5 Å². The minimum absolute atomic E-state index is 0.165. The lowest BCUT2D eigenvalue weighted by atomic mass is 10.1. The molecule has 0 atom stereocenters. The summed E-state index contributed by atoms with van der Waals surface area (Å²) in [6.07, 6.45) is 3.82. The van der Waals surface area contributed by atoms with Gasteiger partial charge in [0.05, 0.1) is 6.20 Å². The van der Waals surface area contributed by atoms with Crippen LogP contribution in [0.4, 0.5) is 15.8 Å². The van der Waals surface area contributed by atoms with E-state index in [4.69, 9.17) is 5.73 Å². The molecule has 0 radical (unpaired) electrons. The van der Waals surface area contributed by atoms with Gasteiger partial charge in [0, 0.05) is 17.8 Å². The first-order valence-electron chi connectivity index (χ1n) is 6.97. The summed E-state index contributed by atoms with van der Waals surface area (Å²) in [7, 11) is 0. The lowest BCUT2D eigenvalue weighted by molar-refractivity contribution is 0.102. The van der Waals surface area contributed by atoms with Crippen LogP contribution >= 0.6 is 11.3 Å². The molecule has 112 valence electrons. The third-order valence-electron chi connectivity index (χ3n) is 3.07. The van der Waals surface area contributed by atoms with Gasteiger partial charge < -0.3 is 11.1 Å². The Morgan fingerprint density at radius 3 is 2.86 bits per heavy atom. The summed E-state index contributed by atoms with van der Waals surface area (Å²) >= 11 is 1.26. The number of aromatic nitrogens is 1. The fourth-order valence-electron chi connectivity index (χ4n) is 1.95. The molecule has 1 aromatic heterocycles. The first kappa shape index (κ1) is 15.3. The topological polar surface area (TPSA) is 80.0 Å². The maximum absolute atomic E-state index is 12.2. The second kappa shape index (κ2) is 7.08. The Balaban J connectivity index is 2.04. The predicted molar refractivity (Wildman–Crippen MR) is 89.1 cm³/mol. The van der Waals surface area contributed by atoms with Gasteiger partial charge in [-0.1, -0.05) is 24.7 Å². The van der Waals surface area contributed by atoms with Crippen LogP contribution in [0.25, 0.3) is 0 Å². The maximum atomic E-state index is 12.2. The monoisotopic (exact) mass is 304 g/mol. The van der Waals surface area contributed by atoms with E-state index in [-0.39, 0.29) is 5.91 Å². The summed E-state index contributed by atoms with van der Waals surface area (Å²) in [6, 6.07) is 5.74. The Morgan fingerprint density at radius 2 is 2.24 bits per heavy atom. The molecule has 4 N–H and O–H groups in total. The quantitative estimate of drug-likeness (QED) is 0.714. The smallest absolute Gasteiger partial charge is 0.257 e. The van der Waals surface area contributed by atoms with Crippen LogP contribution in [0.15, 0.2) is 24.4 Å². The lowest BCUT2D eigenvalue weighted by Gasteiger charge is -2.10. The van der Waals surface area contributed by atoms with Crippen LogP contribution in [0.5, 0.6) is 0 Å². The summed E-state index contributed by atoms with van der Waals surface area (Å²) in [6.45, 7) is 5.03. The highest BCUT2D eigenvalue weighted by Crippen LogP contribution is 2.21. The largest absolute Gasteiger partial charge is 0.389 e. The number of thiazole rings is 1. The number of nitrogens with one attached hydrogen (secondary N) is 2. The van der Waals surface area contributed by atoms with Crippen LogP contribution in [0.3, 0.4) is 0 Å². The third-order valence-corrected chi connectivity index (χ3v) is 3.82. The van der Waals surface area contributed by atoms with Gasteiger partial charge in [-0.2, -0.15) is 0 Å². The van der Waals surface area contributed by atoms with E-state index in [2.05, 4.69) is 22.5 Å². The zero-order valence-corrected chi connectivity index (χ0v) is 13.1. The average Bonchev–Trinajstić information content (AvgIpc) is 2.84. The zero-order valence-electron chi connectivity index (χ0n) is 12.3. The van der Waals surface area contributed by atoms with Gasteiger partial charge >= 0.3 is 0 Å². The number of nitrogen functional groups attached to an aromatic ring is 1. The van der Waals surface area contributed by atoms with Crippen molar-refractivity contribution in [2.75, 3.05) is 22.9 Å². The molecule has 0 aliphatic heterocycles. The van der Waals surface area contributed by atoms with Gasteiger partial charge in [-0.25, -0.2) is 4.98 Å². The number of carbonyl (C=O) groups is 1. The van der Waals surface area contributed by atoms with Crippen molar-refractivity contribution in [2.24, 2.45) is 0 Å². The molecule has 0 saturated heterocycles. The Hall–Kier alpha value is -2.08. The number of anilines is 3. The molecular weight excluding hydrogens is 284 g/mol. The van der Waals surface area contributed by atoms with Crippen molar-refractivity contribution < 1.29 is 4.79 Å². The van der Waals surface area contributed by atoms with Crippen molar-refractivity contribution in [3.8, 4) is 0 Å². The van der Waals surface area contributed by atoms with Gasteiger partial charge in [-0.15, -0.1) is 0 Å². The molecule has 2 rings (SSSR count). The van der Waals surface area contributed by atoms with E-state index in [9.17, 15) is 4.79 Å². The van der Waals surface area contributed by atoms with Gasteiger partial charge in [0.25, 0.3) is 5.91 Å². The third kappa shape index (κ3) is 4.19. The van der Waals surface area contributed by atoms with E-state index < -0.39 is 0 Å². The second-order valence-electron chi connectivity index (χ2n) is 4.83. The van der Waals surface area contributed by atoms with Gasteiger partial charge in [0.2, 0.25) is 0 Å². The summed E-state index contributed by atoms with van der Waals surface area (Å²) in [5, 5.41) is 7.20. The van der Waals surface area contributed by atoms with Gasteiger partial charge in [0.15, 0.2) is 5.13 Å². The summed E-state index contributed by atoms with van der Waals surface area (Å²) < 4.78 is 0. The molecule has 0 aliphatic rings. The molecule has 5 nitrogen and oxygen atoms in total. The van der Waals surface area contributed by atoms with Crippen molar-refractivity contribution in [3.05, 3.63) is 35.5 Å². The van der Waals surface area contributed by atoms with Crippen LogP contribution < -0.4 is 16.4 Å². The molecule has 0 saturated carbocycles. The molecule has 0 unspecified atom stereocenters. The number of hydrogen-bond donors (Lipinski definition) is 3. The number of unbranched alkanes of at least 4 members (excludes halogenated alkanes) is 1. The Kier molecular flexibility index (Phi) is 5.16. The van der Waals surface area contributed by atoms with Crippen molar-refractivity contribution >= 4 is 33.1 Å². The van der Waals surface area contributed by atoms with Crippen LogP contribution in [0.2, 0.25) is 0 Å². The highest BCUT2D eigenvalue weighted by atomic mass is 32.1. The fraction of sp³-hybridized carbons (Fsp3) is 0.333. The number of amides is 1. The Morgan fingerprint density at radius 1 is 1.43 bits per heavy atom. The number of nitrogens with two attached hydrogens (primary N) is 1. The van der Waals surface area contributed by atoms with Crippen LogP contribution in [0.1, 0.15) is 35.7 Å². The van der Waals surface area contributed by atoms with Crippen LogP contribution in [-0.4, -0.2) is 17.4 Å². The van der Waals surface area contributed by atoms with E-state index in [1.54, 1.807) is 0 Å². The molecule has 0 aliphatic carbocycles. The average molecular weight is 304 g/mol. The normalized spacial score (nSPS) is 10.4. The highest BCUT2D eigenvalue weighted by Gasteiger charge is 2.11. The van der Waals surface area contributed by atoms with E-state index >= 15 is 0 Å². The van der Waals surface area contributed by atoms with Gasteiger partial charge in [-0.05, 0) is 37.1 Å². The summed E-state index contributed by atoms with van der Waals surface area (Å²) in [5.41, 5.74) is 8.21. The van der Waals surface area contributed by atoms with Crippen LogP contribution in [-0.2, 0) is 0 Å². The van der Waals surface area contributed by atoms with Crippen molar-refractivity contribution in [1.29, 1.82) is 0 Å². The standard InChI is InChI=1S/C15H20N4OS/c1-3-4-7-17-11-5-6-12(10(2)8-11)14(20)19-15-18-9-13(16)21-15/h5-6,8-9,17H,3-4,7,16H2,1-2H3,(H,18,19,20). The first-order chi connectivity index (χ1) is 10.1. The first-order valence-corrected chi connectivity index (χ1v) is 7.79. The molecule has 0 spiro atoms. The van der Waals surface area contributed by atoms with Crippen molar-refractivity contribution in [3.63, 3.8) is 0 Å². The molecule has 1 amide bonds. The zero-order chi connectivity index (χ0) is 15.2. The predicted octanol–water partition coefficient (Wildman–Crippen LogP) is 3.50. The molecule has 0 fully saturated rings. The number of hydrogen-bond acceptors (Lipinski definition) is 5. The number of rotatable bonds is 6. The molecule has 21 heavy (non-hydrogen) atoms. The molecule has 1 aromatic carbocycles. The molecular formula is C15H20N4OS. The second-order valence-corrected chi connectivity index (χ2v) is 5.89. The number of benzene rings is 1. The molecule has 6 heteroatoms. The molecule has 0 bridgehead atoms. The fourth-order valence-corrected chi connectivity index (χ4v) is 2.52. The van der Waals surface area contributed by atoms with Gasteiger partial charge in [-0.3, -0.25) is 10.1 Å². The minimum atomic E-state index is -0.165. The van der Waals surface area contributed by atoms with Crippen molar-refractivity contribution in [2.45, 2.75) is 26.7 Å².